The van der Waals surface area contributed by atoms with Crippen molar-refractivity contribution >= 4 is 0 Å². The number of rotatable bonds is 5. The van der Waals surface area contributed by atoms with E-state index in [9.17, 15) is 0 Å². The second-order valence-electron chi connectivity index (χ2n) is 6.71. The summed E-state index contributed by atoms with van der Waals surface area (Å²) in [6.45, 7) is 0. The van der Waals surface area contributed by atoms with E-state index in [1.807, 2.05) is 0 Å². The molecule has 122 valence electrons. The van der Waals surface area contributed by atoms with Gasteiger partial charge in [-0.3, -0.25) is 0 Å². The van der Waals surface area contributed by atoms with Gasteiger partial charge in [-0.15, -0.1) is 0 Å². The van der Waals surface area contributed by atoms with Gasteiger partial charge in [-0.25, -0.2) is 0 Å². The number of hydrogen-bond donors (Lipinski definition) is 0. The average molecular weight is 316 g/mol. The number of hydrogen-bond acceptors (Lipinski definition) is 1. The molecule has 3 aromatic rings. The first kappa shape index (κ1) is 15.3. The maximum Gasteiger partial charge on any atom is 0.112 e. The summed E-state index contributed by atoms with van der Waals surface area (Å²) in [5.74, 6) is 2.44. The van der Waals surface area contributed by atoms with E-state index in [1.165, 1.54) is 53.0 Å². The lowest BCUT2D eigenvalue weighted by Crippen LogP contribution is -2.00. The highest BCUT2D eigenvalue weighted by atomic mass is 16.3. The number of fused-ring (bicyclic) bond motifs is 1. The predicted molar refractivity (Wildman–Crippen MR) is 99.3 cm³/mol. The van der Waals surface area contributed by atoms with Crippen LogP contribution in [0.1, 0.15) is 41.9 Å². The second kappa shape index (κ2) is 7.09. The van der Waals surface area contributed by atoms with Crippen LogP contribution in [-0.2, 0) is 25.7 Å². The molecule has 0 bridgehead atoms. The minimum atomic E-state index is 1.02. The zero-order valence-corrected chi connectivity index (χ0v) is 14.1. The molecule has 1 aliphatic carbocycles. The van der Waals surface area contributed by atoms with E-state index in [0.717, 1.165) is 25.7 Å². The Morgan fingerprint density at radius 3 is 2.25 bits per heavy atom. The summed E-state index contributed by atoms with van der Waals surface area (Å²) in [7, 11) is 0. The highest BCUT2D eigenvalue weighted by molar-refractivity contribution is 5.71. The largest absolute Gasteiger partial charge is 0.465 e. The van der Waals surface area contributed by atoms with Crippen LogP contribution in [0.5, 0.6) is 0 Å². The molecular formula is C23H24O. The molecule has 0 fully saturated rings. The quantitative estimate of drug-likeness (QED) is 0.562. The highest BCUT2D eigenvalue weighted by Crippen LogP contribution is 2.37. The lowest BCUT2D eigenvalue weighted by atomic mass is 9.90. The molecule has 0 unspecified atom stereocenters. The molecule has 0 N–H and O–H groups in total. The third-order valence-corrected chi connectivity index (χ3v) is 5.02. The summed E-state index contributed by atoms with van der Waals surface area (Å²) in [4.78, 5) is 0. The van der Waals surface area contributed by atoms with E-state index in [0.29, 0.717) is 0 Å². The lowest BCUT2D eigenvalue weighted by molar-refractivity contribution is 0.440. The van der Waals surface area contributed by atoms with Gasteiger partial charge in [-0.1, -0.05) is 60.7 Å². The molecule has 0 aliphatic heterocycles. The average Bonchev–Trinajstić information content (AvgIpc) is 3.01. The summed E-state index contributed by atoms with van der Waals surface area (Å²) in [5.41, 5.74) is 5.59. The van der Waals surface area contributed by atoms with Crippen LogP contribution in [0.2, 0.25) is 0 Å². The van der Waals surface area contributed by atoms with Gasteiger partial charge in [0, 0.05) is 24.0 Å². The zero-order chi connectivity index (χ0) is 16.2. The second-order valence-corrected chi connectivity index (χ2v) is 6.71. The van der Waals surface area contributed by atoms with E-state index < -0.39 is 0 Å². The Morgan fingerprint density at radius 1 is 0.750 bits per heavy atom. The van der Waals surface area contributed by atoms with Crippen molar-refractivity contribution in [2.75, 3.05) is 0 Å². The molecule has 1 heterocycles. The topological polar surface area (TPSA) is 13.1 Å². The minimum absolute atomic E-state index is 1.02. The van der Waals surface area contributed by atoms with Gasteiger partial charge in [0.25, 0.3) is 0 Å². The molecule has 1 nitrogen and oxygen atoms in total. The molecule has 0 atom stereocenters. The van der Waals surface area contributed by atoms with Gasteiger partial charge in [-0.2, -0.15) is 0 Å². The SMILES string of the molecule is c1ccc(CCCc2oc3c(c2-c2ccccc2)CCCC3)cc1. The van der Waals surface area contributed by atoms with Crippen molar-refractivity contribution in [3.8, 4) is 11.1 Å². The molecule has 0 radical (unpaired) electrons. The van der Waals surface area contributed by atoms with Gasteiger partial charge in [-0.05, 0) is 43.2 Å². The highest BCUT2D eigenvalue weighted by Gasteiger charge is 2.23. The molecule has 1 heteroatoms. The van der Waals surface area contributed by atoms with Crippen molar-refractivity contribution < 1.29 is 4.42 Å². The van der Waals surface area contributed by atoms with Crippen LogP contribution in [0, 0.1) is 0 Å². The van der Waals surface area contributed by atoms with Crippen LogP contribution in [-0.4, -0.2) is 0 Å². The number of furan rings is 1. The maximum absolute atomic E-state index is 6.33. The Hall–Kier alpha value is -2.28. The Morgan fingerprint density at radius 2 is 1.46 bits per heavy atom. The maximum atomic E-state index is 6.33. The van der Waals surface area contributed by atoms with Gasteiger partial charge >= 0.3 is 0 Å². The first-order valence-corrected chi connectivity index (χ1v) is 9.14. The molecule has 0 spiro atoms. The van der Waals surface area contributed by atoms with E-state index in [4.69, 9.17) is 4.42 Å². The van der Waals surface area contributed by atoms with Crippen LogP contribution in [0.3, 0.4) is 0 Å². The molecule has 4 rings (SSSR count). The Bertz CT molecular complexity index is 784. The normalized spacial score (nSPS) is 13.7. The lowest BCUT2D eigenvalue weighted by Gasteiger charge is -2.11. The van der Waals surface area contributed by atoms with Crippen molar-refractivity contribution in [3.63, 3.8) is 0 Å². The van der Waals surface area contributed by atoms with E-state index in [2.05, 4.69) is 60.7 Å². The van der Waals surface area contributed by atoms with Gasteiger partial charge in [0.1, 0.15) is 11.5 Å². The molecule has 0 saturated heterocycles. The molecule has 0 saturated carbocycles. The summed E-state index contributed by atoms with van der Waals surface area (Å²) >= 11 is 0. The van der Waals surface area contributed by atoms with Crippen LogP contribution in [0.4, 0.5) is 0 Å². The molecule has 2 aromatic carbocycles. The minimum Gasteiger partial charge on any atom is -0.465 e. The van der Waals surface area contributed by atoms with E-state index >= 15 is 0 Å². The molecule has 1 aromatic heterocycles. The van der Waals surface area contributed by atoms with Crippen molar-refractivity contribution in [1.29, 1.82) is 0 Å². The van der Waals surface area contributed by atoms with Crippen molar-refractivity contribution in [3.05, 3.63) is 83.3 Å². The van der Waals surface area contributed by atoms with Crippen LogP contribution in [0.15, 0.2) is 65.1 Å². The smallest absolute Gasteiger partial charge is 0.112 e. The first-order valence-electron chi connectivity index (χ1n) is 9.14. The molecular weight excluding hydrogens is 292 g/mol. The van der Waals surface area contributed by atoms with Crippen LogP contribution >= 0.6 is 0 Å². The van der Waals surface area contributed by atoms with Gasteiger partial charge < -0.3 is 4.42 Å². The number of benzene rings is 2. The fourth-order valence-corrected chi connectivity index (χ4v) is 3.84. The predicted octanol–water partition coefficient (Wildman–Crippen LogP) is 6.00. The van der Waals surface area contributed by atoms with E-state index in [-0.39, 0.29) is 0 Å². The molecule has 1 aliphatic rings. The van der Waals surface area contributed by atoms with Gasteiger partial charge in [0.05, 0.1) is 0 Å². The molecule has 0 amide bonds. The van der Waals surface area contributed by atoms with Gasteiger partial charge in [0.2, 0.25) is 0 Å². The standard InChI is InChI=1S/C23H24O/c1-3-10-18(11-4-1)12-9-17-22-23(19-13-5-2-6-14-19)20-15-7-8-16-21(20)24-22/h1-6,10-11,13-14H,7-9,12,15-17H2. The fraction of sp³-hybridized carbons (Fsp3) is 0.304. The Kier molecular flexibility index (Phi) is 4.51. The monoisotopic (exact) mass is 316 g/mol. The van der Waals surface area contributed by atoms with Crippen molar-refractivity contribution in [2.24, 2.45) is 0 Å². The van der Waals surface area contributed by atoms with Crippen molar-refractivity contribution in [2.45, 2.75) is 44.9 Å². The van der Waals surface area contributed by atoms with Gasteiger partial charge in [0.15, 0.2) is 0 Å². The van der Waals surface area contributed by atoms with E-state index in [1.54, 1.807) is 0 Å². The zero-order valence-electron chi connectivity index (χ0n) is 14.1. The summed E-state index contributed by atoms with van der Waals surface area (Å²) in [5, 5.41) is 0. The third kappa shape index (κ3) is 3.17. The summed E-state index contributed by atoms with van der Waals surface area (Å²) < 4.78 is 6.33. The third-order valence-electron chi connectivity index (χ3n) is 5.02. The Balaban J connectivity index is 1.59. The van der Waals surface area contributed by atoms with Crippen LogP contribution < -0.4 is 0 Å². The van der Waals surface area contributed by atoms with Crippen molar-refractivity contribution in [1.82, 2.24) is 0 Å². The Labute approximate surface area is 144 Å². The summed E-state index contributed by atoms with van der Waals surface area (Å²) in [6.07, 6.45) is 8.09. The fourth-order valence-electron chi connectivity index (χ4n) is 3.84. The molecule has 24 heavy (non-hydrogen) atoms. The van der Waals surface area contributed by atoms with Crippen LogP contribution in [0.25, 0.3) is 11.1 Å². The summed E-state index contributed by atoms with van der Waals surface area (Å²) in [6, 6.07) is 21.5. The first-order chi connectivity index (χ1) is 11.9. The number of aryl methyl sites for hydroxylation is 3.